The molecule has 1 unspecified atom stereocenters. The van der Waals surface area contributed by atoms with Crippen LogP contribution in [0, 0.1) is 5.82 Å². The molecule has 6 rings (SSSR count). The Labute approximate surface area is 205 Å². The van der Waals surface area contributed by atoms with Gasteiger partial charge in [-0.3, -0.25) is 0 Å². The fraction of sp³-hybridized carbons (Fsp3) is 0.292. The van der Waals surface area contributed by atoms with Crippen molar-refractivity contribution in [2.24, 2.45) is 4.40 Å². The van der Waals surface area contributed by atoms with Gasteiger partial charge in [-0.15, -0.1) is 0 Å². The predicted molar refractivity (Wildman–Crippen MR) is 130 cm³/mol. The van der Waals surface area contributed by atoms with Gasteiger partial charge < -0.3 is 9.64 Å². The highest BCUT2D eigenvalue weighted by molar-refractivity contribution is 7.99. The van der Waals surface area contributed by atoms with E-state index in [1.54, 1.807) is 24.5 Å². The SMILES string of the molecule is CC1(c2cc(Cl)c(F)c(Cl)c2)CC(c2ccc3c(c2)COC32CN(c3ncccn3)C2)=NS1. The van der Waals surface area contributed by atoms with Gasteiger partial charge in [0.15, 0.2) is 5.82 Å². The molecule has 3 aromatic rings. The Bertz CT molecular complexity index is 1280. The lowest BCUT2D eigenvalue weighted by Crippen LogP contribution is -2.60. The molecule has 3 aliphatic heterocycles. The molecule has 0 aliphatic carbocycles. The number of rotatable bonds is 3. The number of hydrogen-bond donors (Lipinski definition) is 0. The predicted octanol–water partition coefficient (Wildman–Crippen LogP) is 5.92. The number of hydrogen-bond acceptors (Lipinski definition) is 6. The van der Waals surface area contributed by atoms with Crippen LogP contribution in [0.3, 0.4) is 0 Å². The molecule has 0 saturated carbocycles. The number of nitrogens with zero attached hydrogens (tertiary/aromatic N) is 4. The first kappa shape index (κ1) is 21.4. The molecule has 0 bridgehead atoms. The molecule has 0 N–H and O–H groups in total. The summed E-state index contributed by atoms with van der Waals surface area (Å²) >= 11 is 13.5. The molecule has 9 heteroatoms. The molecule has 1 aromatic heterocycles. The Kier molecular flexibility index (Phi) is 4.96. The number of ether oxygens (including phenoxy) is 1. The first-order chi connectivity index (χ1) is 15.9. The van der Waals surface area contributed by atoms with Crippen molar-refractivity contribution in [2.45, 2.75) is 30.3 Å². The van der Waals surface area contributed by atoms with Gasteiger partial charge in [0.05, 0.1) is 40.2 Å². The van der Waals surface area contributed by atoms with E-state index in [1.165, 1.54) is 23.1 Å². The van der Waals surface area contributed by atoms with Crippen molar-refractivity contribution >= 4 is 46.8 Å². The van der Waals surface area contributed by atoms with E-state index in [-0.39, 0.29) is 20.4 Å². The summed E-state index contributed by atoms with van der Waals surface area (Å²) < 4.78 is 24.5. The van der Waals surface area contributed by atoms with Crippen LogP contribution in [0.5, 0.6) is 0 Å². The minimum Gasteiger partial charge on any atom is -0.362 e. The third-order valence-electron chi connectivity index (χ3n) is 6.62. The molecule has 1 saturated heterocycles. The number of anilines is 1. The Balaban J connectivity index is 1.21. The second-order valence-corrected chi connectivity index (χ2v) is 10.9. The molecular weight excluding hydrogens is 482 g/mol. The van der Waals surface area contributed by atoms with Crippen molar-refractivity contribution in [3.05, 3.63) is 86.9 Å². The summed E-state index contributed by atoms with van der Waals surface area (Å²) in [5, 5.41) is 0.0615. The number of fused-ring (bicyclic) bond motifs is 2. The summed E-state index contributed by atoms with van der Waals surface area (Å²) in [6.07, 6.45) is 4.20. The van der Waals surface area contributed by atoms with Crippen molar-refractivity contribution in [1.29, 1.82) is 0 Å². The van der Waals surface area contributed by atoms with Crippen molar-refractivity contribution in [3.8, 4) is 0 Å². The van der Waals surface area contributed by atoms with Crippen LogP contribution >= 0.6 is 35.1 Å². The molecule has 0 amide bonds. The highest BCUT2D eigenvalue weighted by Crippen LogP contribution is 2.49. The van der Waals surface area contributed by atoms with E-state index >= 15 is 0 Å². The molecule has 4 heterocycles. The zero-order valence-electron chi connectivity index (χ0n) is 17.7. The molecule has 0 radical (unpaired) electrons. The average Bonchev–Trinajstić information content (AvgIpc) is 3.38. The molecule has 1 atom stereocenters. The third-order valence-corrected chi connectivity index (χ3v) is 8.26. The van der Waals surface area contributed by atoms with Crippen LogP contribution in [-0.2, 0) is 21.7 Å². The normalized spacial score (nSPS) is 22.9. The summed E-state index contributed by atoms with van der Waals surface area (Å²) in [6, 6.07) is 11.6. The van der Waals surface area contributed by atoms with Gasteiger partial charge in [-0.05, 0) is 65.4 Å². The van der Waals surface area contributed by atoms with E-state index in [1.807, 2.05) is 6.07 Å². The Hall–Kier alpha value is -2.19. The molecular formula is C24H19Cl2FN4OS. The molecule has 168 valence electrons. The van der Waals surface area contributed by atoms with Crippen molar-refractivity contribution in [3.63, 3.8) is 0 Å². The maximum Gasteiger partial charge on any atom is 0.225 e. The van der Waals surface area contributed by atoms with Crippen molar-refractivity contribution < 1.29 is 9.13 Å². The van der Waals surface area contributed by atoms with E-state index in [9.17, 15) is 4.39 Å². The van der Waals surface area contributed by atoms with Gasteiger partial charge in [-0.25, -0.2) is 18.8 Å². The fourth-order valence-electron chi connectivity index (χ4n) is 4.77. The van der Waals surface area contributed by atoms with E-state index < -0.39 is 5.82 Å². The van der Waals surface area contributed by atoms with Crippen molar-refractivity contribution in [1.82, 2.24) is 9.97 Å². The third kappa shape index (κ3) is 3.44. The first-order valence-electron chi connectivity index (χ1n) is 10.6. The van der Waals surface area contributed by atoms with Crippen LogP contribution in [0.15, 0.2) is 53.2 Å². The lowest BCUT2D eigenvalue weighted by atomic mass is 9.84. The van der Waals surface area contributed by atoms with Gasteiger partial charge in [0, 0.05) is 18.8 Å². The Morgan fingerprint density at radius 1 is 1.09 bits per heavy atom. The highest BCUT2D eigenvalue weighted by Gasteiger charge is 2.51. The van der Waals surface area contributed by atoms with E-state index in [0.29, 0.717) is 13.0 Å². The highest BCUT2D eigenvalue weighted by atomic mass is 35.5. The monoisotopic (exact) mass is 500 g/mol. The zero-order valence-corrected chi connectivity index (χ0v) is 20.0. The molecule has 1 spiro atoms. The van der Waals surface area contributed by atoms with Crippen molar-refractivity contribution in [2.75, 3.05) is 18.0 Å². The second-order valence-electron chi connectivity index (χ2n) is 8.85. The van der Waals surface area contributed by atoms with Crippen LogP contribution in [0.4, 0.5) is 10.3 Å². The maximum atomic E-state index is 13.9. The summed E-state index contributed by atoms with van der Waals surface area (Å²) in [7, 11) is 0. The standard InChI is InChI=1S/C24H19Cl2FN4OS/c1-23(16-8-18(25)21(27)19(26)9-16)10-20(30-33-23)14-3-4-17-15(7-14)11-32-24(17)12-31(13-24)22-28-5-2-6-29-22/h2-9H,10-13H2,1H3. The van der Waals surface area contributed by atoms with Gasteiger partial charge in [-0.1, -0.05) is 35.3 Å². The maximum absolute atomic E-state index is 13.9. The fourth-order valence-corrected chi connectivity index (χ4v) is 6.16. The summed E-state index contributed by atoms with van der Waals surface area (Å²) in [5.74, 6) is 0.144. The Morgan fingerprint density at radius 2 is 1.82 bits per heavy atom. The second kappa shape index (κ2) is 7.67. The number of aromatic nitrogens is 2. The van der Waals surface area contributed by atoms with E-state index in [4.69, 9.17) is 32.3 Å². The van der Waals surface area contributed by atoms with Gasteiger partial charge in [0.25, 0.3) is 0 Å². The molecule has 2 aromatic carbocycles. The van der Waals surface area contributed by atoms with Crippen LogP contribution in [-0.4, -0.2) is 28.8 Å². The lowest BCUT2D eigenvalue weighted by molar-refractivity contribution is -0.0590. The molecule has 1 fully saturated rings. The minimum atomic E-state index is -0.587. The van der Waals surface area contributed by atoms with Crippen LogP contribution < -0.4 is 4.90 Å². The van der Waals surface area contributed by atoms with Gasteiger partial charge in [0.2, 0.25) is 5.95 Å². The lowest BCUT2D eigenvalue weighted by Gasteiger charge is -2.47. The van der Waals surface area contributed by atoms with Crippen LogP contribution in [0.2, 0.25) is 10.0 Å². The number of benzene rings is 2. The molecule has 5 nitrogen and oxygen atoms in total. The van der Waals surface area contributed by atoms with E-state index in [2.05, 4.69) is 40.0 Å². The van der Waals surface area contributed by atoms with E-state index in [0.717, 1.165) is 35.9 Å². The quantitative estimate of drug-likeness (QED) is 0.329. The molecule has 33 heavy (non-hydrogen) atoms. The zero-order chi connectivity index (χ0) is 22.8. The van der Waals surface area contributed by atoms with Crippen LogP contribution in [0.25, 0.3) is 0 Å². The first-order valence-corrected chi connectivity index (χ1v) is 12.1. The summed E-state index contributed by atoms with van der Waals surface area (Å²) in [6.45, 7) is 4.14. The average molecular weight is 501 g/mol. The molecule has 3 aliphatic rings. The summed E-state index contributed by atoms with van der Waals surface area (Å²) in [4.78, 5) is 10.8. The smallest absolute Gasteiger partial charge is 0.225 e. The Morgan fingerprint density at radius 3 is 2.55 bits per heavy atom. The van der Waals surface area contributed by atoms with Crippen LogP contribution in [0.1, 0.15) is 35.6 Å². The minimum absolute atomic E-state index is 0.0307. The van der Waals surface area contributed by atoms with Gasteiger partial charge in [-0.2, -0.15) is 0 Å². The van der Waals surface area contributed by atoms with Gasteiger partial charge >= 0.3 is 0 Å². The largest absolute Gasteiger partial charge is 0.362 e. The number of halogens is 3. The topological polar surface area (TPSA) is 50.6 Å². The summed E-state index contributed by atoms with van der Waals surface area (Å²) in [5.41, 5.74) is 5.06. The van der Waals surface area contributed by atoms with Gasteiger partial charge in [0.1, 0.15) is 5.60 Å².